The molecule has 0 aromatic heterocycles. The Kier molecular flexibility index (Phi) is 4.97. The lowest BCUT2D eigenvalue weighted by Crippen LogP contribution is -2.30. The fourth-order valence-corrected chi connectivity index (χ4v) is 1.75. The van der Waals surface area contributed by atoms with Crippen LogP contribution in [0.15, 0.2) is 18.2 Å². The molecule has 0 unspecified atom stereocenters. The number of carboxylic acid groups (broad SMARTS) is 1. The molecule has 0 bridgehead atoms. The van der Waals surface area contributed by atoms with Gasteiger partial charge in [0.1, 0.15) is 5.75 Å². The normalized spacial score (nSPS) is 9.94. The summed E-state index contributed by atoms with van der Waals surface area (Å²) in [7, 11) is 1.49. The fraction of sp³-hybridized carbons (Fsp3) is 0.333. The molecule has 1 amide bonds. The molecule has 18 heavy (non-hydrogen) atoms. The number of amides is 1. The van der Waals surface area contributed by atoms with Gasteiger partial charge in [-0.25, -0.2) is 0 Å². The van der Waals surface area contributed by atoms with Gasteiger partial charge in [-0.2, -0.15) is 0 Å². The van der Waals surface area contributed by atoms with Crippen molar-refractivity contribution in [2.45, 2.75) is 13.3 Å². The van der Waals surface area contributed by atoms with Crippen molar-refractivity contribution in [3.8, 4) is 5.75 Å². The van der Waals surface area contributed by atoms with Gasteiger partial charge in [0.05, 0.1) is 18.6 Å². The number of carbonyl (C=O) groups is 2. The van der Waals surface area contributed by atoms with E-state index in [1.165, 1.54) is 18.9 Å². The number of ether oxygens (including phenoxy) is 1. The molecule has 0 aliphatic rings. The van der Waals surface area contributed by atoms with Crippen LogP contribution >= 0.6 is 11.6 Å². The number of benzene rings is 1. The lowest BCUT2D eigenvalue weighted by Gasteiger charge is -2.21. The molecule has 0 radical (unpaired) electrons. The quantitative estimate of drug-likeness (QED) is 0.891. The van der Waals surface area contributed by atoms with Crippen molar-refractivity contribution in [1.82, 2.24) is 0 Å². The predicted molar refractivity (Wildman–Crippen MR) is 68.3 cm³/mol. The second kappa shape index (κ2) is 6.26. The van der Waals surface area contributed by atoms with Gasteiger partial charge in [-0.1, -0.05) is 11.6 Å². The summed E-state index contributed by atoms with van der Waals surface area (Å²) >= 11 is 5.96. The summed E-state index contributed by atoms with van der Waals surface area (Å²) in [5.74, 6) is -0.694. The number of carboxylic acids is 1. The standard InChI is InChI=1S/C12H14ClNO4/c1-8(15)14(6-5-12(16)17)9-3-4-11(18-2)10(13)7-9/h3-4,7H,5-6H2,1-2H3,(H,16,17). The third-order valence-electron chi connectivity index (χ3n) is 2.38. The van der Waals surface area contributed by atoms with Crippen molar-refractivity contribution in [1.29, 1.82) is 0 Å². The molecule has 5 nitrogen and oxygen atoms in total. The monoisotopic (exact) mass is 271 g/mol. The van der Waals surface area contributed by atoms with Crippen molar-refractivity contribution in [3.05, 3.63) is 23.2 Å². The first-order valence-electron chi connectivity index (χ1n) is 5.29. The van der Waals surface area contributed by atoms with Gasteiger partial charge in [-0.3, -0.25) is 9.59 Å². The Labute approximate surface area is 110 Å². The SMILES string of the molecule is COc1ccc(N(CCC(=O)O)C(C)=O)cc1Cl. The Morgan fingerprint density at radius 1 is 1.44 bits per heavy atom. The van der Waals surface area contributed by atoms with Gasteiger partial charge in [-0.15, -0.1) is 0 Å². The smallest absolute Gasteiger partial charge is 0.305 e. The molecule has 1 aromatic rings. The number of methoxy groups -OCH3 is 1. The highest BCUT2D eigenvalue weighted by Gasteiger charge is 2.14. The Bertz CT molecular complexity index is 461. The Hall–Kier alpha value is -1.75. The summed E-state index contributed by atoms with van der Waals surface area (Å²) in [6, 6.07) is 4.87. The molecule has 0 fully saturated rings. The van der Waals surface area contributed by atoms with E-state index >= 15 is 0 Å². The van der Waals surface area contributed by atoms with Gasteiger partial charge < -0.3 is 14.7 Å². The Balaban J connectivity index is 2.95. The maximum absolute atomic E-state index is 11.5. The zero-order chi connectivity index (χ0) is 13.7. The number of hydrogen-bond donors (Lipinski definition) is 1. The Morgan fingerprint density at radius 2 is 2.11 bits per heavy atom. The number of halogens is 1. The molecule has 0 aliphatic heterocycles. The molecule has 1 aromatic carbocycles. The average Bonchev–Trinajstić information content (AvgIpc) is 2.28. The molecule has 0 atom stereocenters. The molecule has 0 heterocycles. The van der Waals surface area contributed by atoms with Crippen LogP contribution in [0.5, 0.6) is 5.75 Å². The molecule has 0 aliphatic carbocycles. The third-order valence-corrected chi connectivity index (χ3v) is 2.67. The average molecular weight is 272 g/mol. The van der Waals surface area contributed by atoms with Crippen LogP contribution in [0.3, 0.4) is 0 Å². The van der Waals surface area contributed by atoms with Gasteiger partial charge in [0.25, 0.3) is 0 Å². The van der Waals surface area contributed by atoms with Crippen molar-refractivity contribution < 1.29 is 19.4 Å². The summed E-state index contributed by atoms with van der Waals surface area (Å²) < 4.78 is 5.01. The van der Waals surface area contributed by atoms with Gasteiger partial charge in [0, 0.05) is 19.2 Å². The Morgan fingerprint density at radius 3 is 2.56 bits per heavy atom. The van der Waals surface area contributed by atoms with Gasteiger partial charge in [0.15, 0.2) is 0 Å². The van der Waals surface area contributed by atoms with Crippen LogP contribution in [0.25, 0.3) is 0 Å². The highest BCUT2D eigenvalue weighted by Crippen LogP contribution is 2.29. The van der Waals surface area contributed by atoms with Crippen LogP contribution in [-0.4, -0.2) is 30.6 Å². The molecular weight excluding hydrogens is 258 g/mol. The number of nitrogens with zero attached hydrogens (tertiary/aromatic N) is 1. The van der Waals surface area contributed by atoms with E-state index in [1.54, 1.807) is 18.2 Å². The van der Waals surface area contributed by atoms with E-state index in [0.29, 0.717) is 16.5 Å². The van der Waals surface area contributed by atoms with E-state index in [9.17, 15) is 9.59 Å². The number of rotatable bonds is 5. The number of aliphatic carboxylic acids is 1. The van der Waals surface area contributed by atoms with E-state index < -0.39 is 5.97 Å². The predicted octanol–water partition coefficient (Wildman–Crippen LogP) is 2.18. The lowest BCUT2D eigenvalue weighted by atomic mass is 10.2. The van der Waals surface area contributed by atoms with Crippen molar-refractivity contribution in [2.24, 2.45) is 0 Å². The van der Waals surface area contributed by atoms with E-state index in [-0.39, 0.29) is 18.9 Å². The maximum Gasteiger partial charge on any atom is 0.305 e. The zero-order valence-electron chi connectivity index (χ0n) is 10.1. The minimum atomic E-state index is -0.958. The molecule has 0 saturated carbocycles. The molecule has 1 N–H and O–H groups in total. The molecule has 0 spiro atoms. The number of anilines is 1. The van der Waals surface area contributed by atoms with E-state index in [0.717, 1.165) is 0 Å². The molecule has 6 heteroatoms. The summed E-state index contributed by atoms with van der Waals surface area (Å²) in [5, 5.41) is 9.02. The zero-order valence-corrected chi connectivity index (χ0v) is 10.9. The first-order chi connectivity index (χ1) is 8.45. The van der Waals surface area contributed by atoms with Gasteiger partial charge >= 0.3 is 5.97 Å². The minimum absolute atomic E-state index is 0.104. The van der Waals surface area contributed by atoms with Crippen LogP contribution < -0.4 is 9.64 Å². The van der Waals surface area contributed by atoms with Crippen LogP contribution in [0.1, 0.15) is 13.3 Å². The van der Waals surface area contributed by atoms with E-state index in [2.05, 4.69) is 0 Å². The highest BCUT2D eigenvalue weighted by molar-refractivity contribution is 6.32. The molecule has 1 rings (SSSR count). The number of hydrogen-bond acceptors (Lipinski definition) is 3. The van der Waals surface area contributed by atoms with Crippen molar-refractivity contribution in [2.75, 3.05) is 18.6 Å². The summed E-state index contributed by atoms with van der Waals surface area (Å²) in [4.78, 5) is 23.4. The first-order valence-corrected chi connectivity index (χ1v) is 5.67. The van der Waals surface area contributed by atoms with Gasteiger partial charge in [0.2, 0.25) is 5.91 Å². The summed E-state index contributed by atoms with van der Waals surface area (Å²) in [6.07, 6.45) is -0.122. The van der Waals surface area contributed by atoms with Crippen LogP contribution in [0.2, 0.25) is 5.02 Å². The summed E-state index contributed by atoms with van der Waals surface area (Å²) in [6.45, 7) is 1.48. The van der Waals surface area contributed by atoms with Crippen molar-refractivity contribution >= 4 is 29.2 Å². The molecule has 0 saturated heterocycles. The summed E-state index contributed by atoms with van der Waals surface area (Å²) in [5.41, 5.74) is 0.551. The molecular formula is C12H14ClNO4. The fourth-order valence-electron chi connectivity index (χ4n) is 1.50. The second-order valence-corrected chi connectivity index (χ2v) is 4.04. The van der Waals surface area contributed by atoms with E-state index in [1.807, 2.05) is 0 Å². The van der Waals surface area contributed by atoms with Crippen LogP contribution in [-0.2, 0) is 9.59 Å². The van der Waals surface area contributed by atoms with E-state index in [4.69, 9.17) is 21.4 Å². The second-order valence-electron chi connectivity index (χ2n) is 3.63. The lowest BCUT2D eigenvalue weighted by molar-refractivity contribution is -0.136. The maximum atomic E-state index is 11.5. The van der Waals surface area contributed by atoms with Crippen LogP contribution in [0, 0.1) is 0 Å². The topological polar surface area (TPSA) is 66.8 Å². The highest BCUT2D eigenvalue weighted by atomic mass is 35.5. The third kappa shape index (κ3) is 3.63. The van der Waals surface area contributed by atoms with Crippen LogP contribution in [0.4, 0.5) is 5.69 Å². The largest absolute Gasteiger partial charge is 0.495 e. The van der Waals surface area contributed by atoms with Gasteiger partial charge in [-0.05, 0) is 18.2 Å². The van der Waals surface area contributed by atoms with Crippen molar-refractivity contribution in [3.63, 3.8) is 0 Å². The first kappa shape index (κ1) is 14.3. The molecule has 98 valence electrons. The minimum Gasteiger partial charge on any atom is -0.495 e. The number of carbonyl (C=O) groups excluding carboxylic acids is 1.